The van der Waals surface area contributed by atoms with Gasteiger partial charge in [-0.25, -0.2) is 4.79 Å². The van der Waals surface area contributed by atoms with Gasteiger partial charge in [0.15, 0.2) is 0 Å². The van der Waals surface area contributed by atoms with Gasteiger partial charge in [0, 0.05) is 19.8 Å². The van der Waals surface area contributed by atoms with E-state index in [0.717, 1.165) is 19.4 Å². The first-order chi connectivity index (χ1) is 10.8. The zero-order chi connectivity index (χ0) is 15.4. The Kier molecular flexibility index (Phi) is 4.70. The fraction of sp³-hybridized carbons (Fsp3) is 0.500. The lowest BCUT2D eigenvalue weighted by atomic mass is 10.2. The van der Waals surface area contributed by atoms with E-state index in [2.05, 4.69) is 4.98 Å². The lowest BCUT2D eigenvalue weighted by Crippen LogP contribution is -2.35. The second-order valence-electron chi connectivity index (χ2n) is 5.50. The van der Waals surface area contributed by atoms with Gasteiger partial charge in [-0.05, 0) is 31.4 Å². The Labute approximate surface area is 127 Å². The average Bonchev–Trinajstić information content (AvgIpc) is 3.03. The van der Waals surface area contributed by atoms with Gasteiger partial charge >= 0.3 is 5.69 Å². The first kappa shape index (κ1) is 15.0. The van der Waals surface area contributed by atoms with Crippen molar-refractivity contribution in [1.29, 1.82) is 0 Å². The molecule has 0 bridgehead atoms. The van der Waals surface area contributed by atoms with E-state index in [1.165, 1.54) is 4.57 Å². The molecule has 0 amide bonds. The van der Waals surface area contributed by atoms with E-state index in [-0.39, 0.29) is 17.4 Å². The highest BCUT2D eigenvalue weighted by Crippen LogP contribution is 2.11. The maximum Gasteiger partial charge on any atom is 0.328 e. The van der Waals surface area contributed by atoms with Crippen molar-refractivity contribution in [2.24, 2.45) is 0 Å². The predicted molar refractivity (Wildman–Crippen MR) is 83.2 cm³/mol. The second kappa shape index (κ2) is 6.89. The molecular weight excluding hydrogens is 284 g/mol. The van der Waals surface area contributed by atoms with Crippen LogP contribution in [0.15, 0.2) is 33.9 Å². The average molecular weight is 304 g/mol. The number of nitrogens with one attached hydrogen (secondary N) is 1. The van der Waals surface area contributed by atoms with Crippen molar-refractivity contribution in [1.82, 2.24) is 9.55 Å². The van der Waals surface area contributed by atoms with Crippen LogP contribution in [0.2, 0.25) is 0 Å². The summed E-state index contributed by atoms with van der Waals surface area (Å²) in [5, 5.41) is 0.530. The molecule has 1 saturated heterocycles. The summed E-state index contributed by atoms with van der Waals surface area (Å²) in [6.45, 7) is 2.27. The zero-order valence-corrected chi connectivity index (χ0v) is 12.4. The molecule has 1 aliphatic rings. The van der Waals surface area contributed by atoms with Crippen LogP contribution in [0, 0.1) is 0 Å². The van der Waals surface area contributed by atoms with E-state index in [9.17, 15) is 9.59 Å². The van der Waals surface area contributed by atoms with E-state index < -0.39 is 0 Å². The van der Waals surface area contributed by atoms with Gasteiger partial charge < -0.3 is 14.5 Å². The molecule has 0 radical (unpaired) electrons. The van der Waals surface area contributed by atoms with Crippen molar-refractivity contribution in [2.45, 2.75) is 31.9 Å². The lowest BCUT2D eigenvalue weighted by Gasteiger charge is -2.10. The molecule has 22 heavy (non-hydrogen) atoms. The third kappa shape index (κ3) is 3.28. The summed E-state index contributed by atoms with van der Waals surface area (Å²) in [5.74, 6) is 0. The highest BCUT2D eigenvalue weighted by molar-refractivity contribution is 5.76. The van der Waals surface area contributed by atoms with Crippen LogP contribution in [0.3, 0.4) is 0 Å². The number of H-pyrrole nitrogens is 1. The van der Waals surface area contributed by atoms with E-state index in [1.54, 1.807) is 24.3 Å². The van der Waals surface area contributed by atoms with Gasteiger partial charge in [-0.15, -0.1) is 0 Å². The van der Waals surface area contributed by atoms with Crippen molar-refractivity contribution < 1.29 is 9.47 Å². The largest absolute Gasteiger partial charge is 0.379 e. The quantitative estimate of drug-likeness (QED) is 0.816. The molecule has 1 aromatic carbocycles. The maximum atomic E-state index is 12.3. The van der Waals surface area contributed by atoms with Gasteiger partial charge in [-0.3, -0.25) is 9.36 Å². The molecule has 1 unspecified atom stereocenters. The van der Waals surface area contributed by atoms with Crippen LogP contribution in [0.1, 0.15) is 19.3 Å². The molecule has 0 spiro atoms. The molecule has 0 aliphatic carbocycles. The molecule has 1 aromatic heterocycles. The fourth-order valence-electron chi connectivity index (χ4n) is 2.72. The van der Waals surface area contributed by atoms with Gasteiger partial charge in [0.25, 0.3) is 5.56 Å². The molecule has 1 atom stereocenters. The Morgan fingerprint density at radius 1 is 1.32 bits per heavy atom. The van der Waals surface area contributed by atoms with Crippen molar-refractivity contribution in [3.8, 4) is 0 Å². The zero-order valence-electron chi connectivity index (χ0n) is 12.4. The van der Waals surface area contributed by atoms with E-state index in [4.69, 9.17) is 9.47 Å². The van der Waals surface area contributed by atoms with Crippen molar-refractivity contribution in [3.05, 3.63) is 45.1 Å². The first-order valence-corrected chi connectivity index (χ1v) is 7.67. The van der Waals surface area contributed by atoms with Gasteiger partial charge in [-0.2, -0.15) is 0 Å². The number of ether oxygens (including phenoxy) is 2. The maximum absolute atomic E-state index is 12.3. The second-order valence-corrected chi connectivity index (χ2v) is 5.50. The highest BCUT2D eigenvalue weighted by atomic mass is 16.5. The molecule has 3 rings (SSSR count). The van der Waals surface area contributed by atoms with Crippen molar-refractivity contribution in [3.63, 3.8) is 0 Å². The predicted octanol–water partition coefficient (Wildman–Crippen LogP) is 1.28. The number of hydrogen-bond acceptors (Lipinski definition) is 4. The van der Waals surface area contributed by atoms with Crippen LogP contribution in [0.4, 0.5) is 0 Å². The summed E-state index contributed by atoms with van der Waals surface area (Å²) in [6, 6.07) is 7.03. The molecule has 2 heterocycles. The highest BCUT2D eigenvalue weighted by Gasteiger charge is 2.15. The number of hydrogen-bond donors (Lipinski definition) is 1. The third-order valence-corrected chi connectivity index (χ3v) is 3.89. The molecule has 1 aliphatic heterocycles. The summed E-state index contributed by atoms with van der Waals surface area (Å²) in [7, 11) is 0. The topological polar surface area (TPSA) is 73.3 Å². The summed E-state index contributed by atoms with van der Waals surface area (Å²) in [6.07, 6.45) is 2.96. The van der Waals surface area contributed by atoms with Gasteiger partial charge in [0.2, 0.25) is 0 Å². The molecule has 2 aromatic rings. The Bertz CT molecular complexity index is 744. The molecule has 6 nitrogen and oxygen atoms in total. The van der Waals surface area contributed by atoms with Gasteiger partial charge in [0.05, 0.1) is 23.6 Å². The number of para-hydroxylation sites is 1. The SMILES string of the molecule is O=c1[nH]c2ccccc2c(=O)n1CCCOCC1CCCO1. The van der Waals surface area contributed by atoms with E-state index in [0.29, 0.717) is 37.1 Å². The van der Waals surface area contributed by atoms with Crippen LogP contribution in [-0.2, 0) is 16.0 Å². The fourth-order valence-corrected chi connectivity index (χ4v) is 2.72. The minimum atomic E-state index is -0.372. The summed E-state index contributed by atoms with van der Waals surface area (Å²) >= 11 is 0. The molecule has 6 heteroatoms. The number of rotatable bonds is 6. The van der Waals surface area contributed by atoms with E-state index in [1.807, 2.05) is 0 Å². The molecule has 1 N–H and O–H groups in total. The van der Waals surface area contributed by atoms with Crippen LogP contribution in [-0.4, -0.2) is 35.5 Å². The summed E-state index contributed by atoms with van der Waals surface area (Å²) < 4.78 is 12.3. The Morgan fingerprint density at radius 3 is 3.00 bits per heavy atom. The summed E-state index contributed by atoms with van der Waals surface area (Å²) in [4.78, 5) is 27.0. The number of aromatic nitrogens is 2. The van der Waals surface area contributed by atoms with Crippen LogP contribution in [0.5, 0.6) is 0 Å². The molecule has 1 fully saturated rings. The number of fused-ring (bicyclic) bond motifs is 1. The third-order valence-electron chi connectivity index (χ3n) is 3.89. The van der Waals surface area contributed by atoms with Crippen LogP contribution < -0.4 is 11.2 Å². The molecular formula is C16H20N2O4. The normalized spacial score (nSPS) is 18.1. The minimum absolute atomic E-state index is 0.201. The first-order valence-electron chi connectivity index (χ1n) is 7.67. The Morgan fingerprint density at radius 2 is 2.18 bits per heavy atom. The standard InChI is InChI=1S/C16H20N2O4/c19-15-13-6-1-2-7-14(13)17-16(20)18(15)8-4-9-21-11-12-5-3-10-22-12/h1-2,6-7,12H,3-5,8-11H2,(H,17,20). The molecule has 118 valence electrons. The Balaban J connectivity index is 1.59. The smallest absolute Gasteiger partial charge is 0.328 e. The summed E-state index contributed by atoms with van der Waals surface area (Å²) in [5.41, 5.74) is -0.0512. The monoisotopic (exact) mass is 304 g/mol. The Hall–Kier alpha value is -1.92. The van der Waals surface area contributed by atoms with Crippen molar-refractivity contribution >= 4 is 10.9 Å². The van der Waals surface area contributed by atoms with Gasteiger partial charge in [0.1, 0.15) is 0 Å². The number of benzene rings is 1. The van der Waals surface area contributed by atoms with Crippen molar-refractivity contribution in [2.75, 3.05) is 19.8 Å². The molecule has 0 saturated carbocycles. The number of nitrogens with zero attached hydrogens (tertiary/aromatic N) is 1. The van der Waals surface area contributed by atoms with E-state index >= 15 is 0 Å². The number of aromatic amines is 1. The van der Waals surface area contributed by atoms with Crippen LogP contribution in [0.25, 0.3) is 10.9 Å². The lowest BCUT2D eigenvalue weighted by molar-refractivity contribution is 0.0157. The van der Waals surface area contributed by atoms with Crippen LogP contribution >= 0.6 is 0 Å². The van der Waals surface area contributed by atoms with Gasteiger partial charge in [-0.1, -0.05) is 12.1 Å². The minimum Gasteiger partial charge on any atom is -0.379 e.